The Morgan fingerprint density at radius 1 is 1.27 bits per heavy atom. The summed E-state index contributed by atoms with van der Waals surface area (Å²) in [4.78, 5) is 0. The highest BCUT2D eigenvalue weighted by atomic mass is 14.6. The fourth-order valence-corrected chi connectivity index (χ4v) is 4.20. The number of aryl methyl sites for hydroxylation is 1. The van der Waals surface area contributed by atoms with Gasteiger partial charge < -0.3 is 0 Å². The van der Waals surface area contributed by atoms with Gasteiger partial charge >= 0.3 is 0 Å². The van der Waals surface area contributed by atoms with Crippen molar-refractivity contribution in [2.75, 3.05) is 0 Å². The van der Waals surface area contributed by atoms with E-state index < -0.39 is 0 Å². The topological polar surface area (TPSA) is 0 Å². The monoisotopic (exact) mass is 200 g/mol. The second-order valence-corrected chi connectivity index (χ2v) is 5.62. The zero-order valence-corrected chi connectivity index (χ0v) is 10.0. The van der Waals surface area contributed by atoms with Crippen LogP contribution in [0.1, 0.15) is 61.6 Å². The second-order valence-electron chi connectivity index (χ2n) is 5.62. The van der Waals surface area contributed by atoms with E-state index in [1.54, 1.807) is 11.1 Å². The molecule has 0 nitrogen and oxygen atoms in total. The molecule has 2 aliphatic rings. The van der Waals surface area contributed by atoms with Crippen LogP contribution in [0.2, 0.25) is 0 Å². The van der Waals surface area contributed by atoms with Crippen LogP contribution in [0.4, 0.5) is 0 Å². The average molecular weight is 200 g/mol. The van der Waals surface area contributed by atoms with Crippen molar-refractivity contribution < 1.29 is 0 Å². The summed E-state index contributed by atoms with van der Waals surface area (Å²) in [6, 6.07) is 6.90. The Labute approximate surface area is 92.7 Å². The van der Waals surface area contributed by atoms with Gasteiger partial charge in [-0.3, -0.25) is 0 Å². The van der Waals surface area contributed by atoms with Crippen LogP contribution in [0.15, 0.2) is 18.2 Å². The number of hydrogen-bond acceptors (Lipinski definition) is 0. The van der Waals surface area contributed by atoms with E-state index in [0.29, 0.717) is 5.41 Å². The van der Waals surface area contributed by atoms with Gasteiger partial charge in [0.1, 0.15) is 0 Å². The van der Waals surface area contributed by atoms with Gasteiger partial charge in [0.2, 0.25) is 0 Å². The third-order valence-corrected chi connectivity index (χ3v) is 5.18. The largest absolute Gasteiger partial charge is 0.0648 e. The fourth-order valence-electron chi connectivity index (χ4n) is 4.20. The maximum absolute atomic E-state index is 2.51. The van der Waals surface area contributed by atoms with Gasteiger partial charge in [0.25, 0.3) is 0 Å². The number of rotatable bonds is 1. The summed E-state index contributed by atoms with van der Waals surface area (Å²) in [5, 5.41) is 0. The van der Waals surface area contributed by atoms with Gasteiger partial charge in [-0.25, -0.2) is 0 Å². The lowest BCUT2D eigenvalue weighted by atomic mass is 9.75. The molecule has 15 heavy (non-hydrogen) atoms. The van der Waals surface area contributed by atoms with Gasteiger partial charge in [-0.05, 0) is 60.1 Å². The first-order valence-corrected chi connectivity index (χ1v) is 6.28. The Bertz CT molecular complexity index is 404. The van der Waals surface area contributed by atoms with Gasteiger partial charge in [0.05, 0.1) is 0 Å². The summed E-state index contributed by atoms with van der Waals surface area (Å²) < 4.78 is 0. The molecular weight excluding hydrogens is 180 g/mol. The van der Waals surface area contributed by atoms with Crippen LogP contribution in [-0.2, 0) is 0 Å². The summed E-state index contributed by atoms with van der Waals surface area (Å²) in [5.74, 6) is 1.70. The predicted octanol–water partition coefficient (Wildman–Crippen LogP) is 4.39. The van der Waals surface area contributed by atoms with E-state index in [1.165, 1.54) is 24.8 Å². The maximum Gasteiger partial charge on any atom is -0.00966 e. The number of benzene rings is 1. The molecule has 0 radical (unpaired) electrons. The molecule has 80 valence electrons. The van der Waals surface area contributed by atoms with Crippen LogP contribution in [-0.4, -0.2) is 0 Å². The Hall–Kier alpha value is -0.780. The lowest BCUT2D eigenvalue weighted by molar-refractivity contribution is 0.274. The molecule has 0 spiro atoms. The smallest absolute Gasteiger partial charge is 0.00966 e. The summed E-state index contributed by atoms with van der Waals surface area (Å²) in [5.41, 5.74) is 5.47. The van der Waals surface area contributed by atoms with Crippen LogP contribution in [0.5, 0.6) is 0 Å². The fraction of sp³-hybridized carbons (Fsp3) is 0.600. The lowest BCUT2D eigenvalue weighted by Crippen LogP contribution is -2.18. The molecule has 2 bridgehead atoms. The molecule has 0 saturated heterocycles. The zero-order chi connectivity index (χ0) is 10.6. The van der Waals surface area contributed by atoms with Crippen molar-refractivity contribution in [2.45, 2.75) is 51.9 Å². The van der Waals surface area contributed by atoms with Crippen LogP contribution >= 0.6 is 0 Å². The molecule has 3 atom stereocenters. The van der Waals surface area contributed by atoms with Crippen molar-refractivity contribution in [3.05, 3.63) is 34.9 Å². The minimum absolute atomic E-state index is 0.564. The molecule has 0 N–H and O–H groups in total. The molecule has 2 aliphatic carbocycles. The van der Waals surface area contributed by atoms with Crippen LogP contribution in [0, 0.1) is 12.3 Å². The van der Waals surface area contributed by atoms with Crippen molar-refractivity contribution in [1.82, 2.24) is 0 Å². The first-order valence-electron chi connectivity index (χ1n) is 6.28. The Morgan fingerprint density at radius 3 is 2.67 bits per heavy atom. The number of fused-ring (bicyclic) bond motifs is 5. The molecule has 1 aromatic rings. The Morgan fingerprint density at radius 2 is 2.00 bits per heavy atom. The average Bonchev–Trinajstić information content (AvgIpc) is 2.70. The normalized spacial score (nSPS) is 37.0. The predicted molar refractivity (Wildman–Crippen MR) is 64.3 cm³/mol. The molecule has 0 heteroatoms. The van der Waals surface area contributed by atoms with Crippen molar-refractivity contribution >= 4 is 0 Å². The molecule has 1 aromatic carbocycles. The minimum Gasteiger partial charge on any atom is -0.0648 e. The molecule has 1 saturated carbocycles. The van der Waals surface area contributed by atoms with Crippen molar-refractivity contribution in [1.29, 1.82) is 0 Å². The standard InChI is InChI=1S/C15H20/c1-4-15(3)12-8-9-13(15)14-10(2)6-5-7-11(12)14/h5-7,12-13H,4,8-9H2,1-3H3. The molecule has 0 heterocycles. The molecule has 0 amide bonds. The highest BCUT2D eigenvalue weighted by Crippen LogP contribution is 2.66. The van der Waals surface area contributed by atoms with Gasteiger partial charge in [-0.1, -0.05) is 32.0 Å². The van der Waals surface area contributed by atoms with Gasteiger partial charge in [-0.15, -0.1) is 0 Å². The second kappa shape index (κ2) is 2.87. The van der Waals surface area contributed by atoms with Crippen molar-refractivity contribution in [3.8, 4) is 0 Å². The van der Waals surface area contributed by atoms with E-state index in [9.17, 15) is 0 Å². The summed E-state index contributed by atoms with van der Waals surface area (Å²) in [6.07, 6.45) is 4.18. The molecule has 1 fully saturated rings. The van der Waals surface area contributed by atoms with Crippen LogP contribution < -0.4 is 0 Å². The molecule has 3 rings (SSSR count). The summed E-state index contributed by atoms with van der Waals surface area (Å²) >= 11 is 0. The highest BCUT2D eigenvalue weighted by Gasteiger charge is 2.53. The SMILES string of the molecule is CCC1(C)C2CCC1c1c(C)cccc12. The van der Waals surface area contributed by atoms with Crippen LogP contribution in [0.25, 0.3) is 0 Å². The first kappa shape index (κ1) is 9.45. The summed E-state index contributed by atoms with van der Waals surface area (Å²) in [6.45, 7) is 7.16. The first-order chi connectivity index (χ1) is 7.18. The number of hydrogen-bond donors (Lipinski definition) is 0. The quantitative estimate of drug-likeness (QED) is 0.631. The maximum atomic E-state index is 2.51. The van der Waals surface area contributed by atoms with Gasteiger partial charge in [0.15, 0.2) is 0 Å². The Kier molecular flexibility index (Phi) is 1.81. The van der Waals surface area contributed by atoms with E-state index in [0.717, 1.165) is 11.8 Å². The van der Waals surface area contributed by atoms with E-state index in [-0.39, 0.29) is 0 Å². The molecule has 0 aliphatic heterocycles. The van der Waals surface area contributed by atoms with Crippen LogP contribution in [0.3, 0.4) is 0 Å². The third-order valence-electron chi connectivity index (χ3n) is 5.18. The highest BCUT2D eigenvalue weighted by molar-refractivity contribution is 5.49. The lowest BCUT2D eigenvalue weighted by Gasteiger charge is -2.28. The van der Waals surface area contributed by atoms with E-state index in [4.69, 9.17) is 0 Å². The minimum atomic E-state index is 0.564. The third kappa shape index (κ3) is 0.979. The van der Waals surface area contributed by atoms with Gasteiger partial charge in [-0.2, -0.15) is 0 Å². The van der Waals surface area contributed by atoms with E-state index >= 15 is 0 Å². The molecular formula is C15H20. The van der Waals surface area contributed by atoms with E-state index in [1.807, 2.05) is 0 Å². The zero-order valence-electron chi connectivity index (χ0n) is 10.0. The molecule has 0 aromatic heterocycles. The summed E-state index contributed by atoms with van der Waals surface area (Å²) in [7, 11) is 0. The Balaban J connectivity index is 2.21. The van der Waals surface area contributed by atoms with Crippen molar-refractivity contribution in [2.24, 2.45) is 5.41 Å². The van der Waals surface area contributed by atoms with Gasteiger partial charge in [0, 0.05) is 0 Å². The van der Waals surface area contributed by atoms with E-state index in [2.05, 4.69) is 39.0 Å². The van der Waals surface area contributed by atoms with Crippen molar-refractivity contribution in [3.63, 3.8) is 0 Å². The molecule has 3 unspecified atom stereocenters.